The summed E-state index contributed by atoms with van der Waals surface area (Å²) >= 11 is 1.73. The van der Waals surface area contributed by atoms with E-state index in [4.69, 9.17) is 4.74 Å². The molecule has 96 valence electrons. The molecule has 0 saturated carbocycles. The van der Waals surface area contributed by atoms with Crippen molar-refractivity contribution < 1.29 is 4.74 Å². The van der Waals surface area contributed by atoms with Gasteiger partial charge in [-0.1, -0.05) is 24.3 Å². The largest absolute Gasteiger partial charge is 0.380 e. The maximum Gasteiger partial charge on any atom is 0.123 e. The maximum atomic E-state index is 5.23. The van der Waals surface area contributed by atoms with Crippen molar-refractivity contribution >= 4 is 11.3 Å². The van der Waals surface area contributed by atoms with Crippen LogP contribution >= 0.6 is 11.3 Å². The Morgan fingerprint density at radius 2 is 2.17 bits per heavy atom. The minimum Gasteiger partial charge on any atom is -0.380 e. The van der Waals surface area contributed by atoms with Crippen molar-refractivity contribution in [3.8, 4) is 10.6 Å². The Morgan fingerprint density at radius 3 is 2.89 bits per heavy atom. The first-order chi connectivity index (χ1) is 8.76. The van der Waals surface area contributed by atoms with Crippen LogP contribution < -0.4 is 5.32 Å². The molecule has 0 saturated heterocycles. The second kappa shape index (κ2) is 6.09. The zero-order chi connectivity index (χ0) is 13.0. The van der Waals surface area contributed by atoms with Crippen LogP contribution in [0.4, 0.5) is 0 Å². The first kappa shape index (κ1) is 13.2. The average molecular weight is 262 g/mol. The van der Waals surface area contributed by atoms with E-state index in [9.17, 15) is 0 Å². The molecule has 0 radical (unpaired) electrons. The zero-order valence-electron chi connectivity index (χ0n) is 10.9. The number of thiazole rings is 1. The fourth-order valence-corrected chi connectivity index (χ4v) is 2.80. The summed E-state index contributed by atoms with van der Waals surface area (Å²) in [6, 6.07) is 8.59. The Balaban J connectivity index is 2.33. The van der Waals surface area contributed by atoms with Gasteiger partial charge < -0.3 is 10.1 Å². The van der Waals surface area contributed by atoms with Gasteiger partial charge in [-0.2, -0.15) is 0 Å². The molecular weight excluding hydrogens is 244 g/mol. The number of rotatable bonds is 5. The van der Waals surface area contributed by atoms with Gasteiger partial charge in [0.25, 0.3) is 0 Å². The molecule has 1 heterocycles. The van der Waals surface area contributed by atoms with E-state index in [1.165, 1.54) is 16.0 Å². The van der Waals surface area contributed by atoms with Crippen LogP contribution in [0.15, 0.2) is 30.5 Å². The summed E-state index contributed by atoms with van der Waals surface area (Å²) in [6.07, 6.45) is 1.95. The van der Waals surface area contributed by atoms with Crippen molar-refractivity contribution in [3.63, 3.8) is 0 Å². The van der Waals surface area contributed by atoms with E-state index in [-0.39, 0.29) is 0 Å². The summed E-state index contributed by atoms with van der Waals surface area (Å²) in [5, 5.41) is 4.29. The van der Waals surface area contributed by atoms with E-state index < -0.39 is 0 Å². The highest BCUT2D eigenvalue weighted by Gasteiger charge is 2.11. The van der Waals surface area contributed by atoms with E-state index >= 15 is 0 Å². The molecule has 0 aliphatic carbocycles. The number of ether oxygens (including phenoxy) is 1. The first-order valence-electron chi connectivity index (χ1n) is 5.96. The molecule has 0 amide bonds. The van der Waals surface area contributed by atoms with Crippen molar-refractivity contribution in [1.29, 1.82) is 0 Å². The van der Waals surface area contributed by atoms with Gasteiger partial charge in [-0.15, -0.1) is 11.3 Å². The van der Waals surface area contributed by atoms with Gasteiger partial charge >= 0.3 is 0 Å². The molecule has 1 unspecified atom stereocenters. The van der Waals surface area contributed by atoms with Crippen LogP contribution in [0.3, 0.4) is 0 Å². The molecule has 2 rings (SSSR count). The third-order valence-corrected chi connectivity index (χ3v) is 4.14. The van der Waals surface area contributed by atoms with Crippen molar-refractivity contribution in [2.75, 3.05) is 14.2 Å². The molecule has 4 heteroatoms. The molecule has 1 N–H and O–H groups in total. The van der Waals surface area contributed by atoms with Gasteiger partial charge in [-0.3, -0.25) is 0 Å². The molecule has 1 atom stereocenters. The van der Waals surface area contributed by atoms with Gasteiger partial charge in [0.2, 0.25) is 0 Å². The predicted molar refractivity (Wildman–Crippen MR) is 75.7 cm³/mol. The van der Waals surface area contributed by atoms with Crippen molar-refractivity contribution in [3.05, 3.63) is 40.9 Å². The first-order valence-corrected chi connectivity index (χ1v) is 6.78. The van der Waals surface area contributed by atoms with Crippen molar-refractivity contribution in [2.45, 2.75) is 19.6 Å². The molecule has 0 fully saturated rings. The Kier molecular flexibility index (Phi) is 4.47. The van der Waals surface area contributed by atoms with E-state index in [1.807, 2.05) is 25.4 Å². The highest BCUT2D eigenvalue weighted by molar-refractivity contribution is 7.15. The van der Waals surface area contributed by atoms with Gasteiger partial charge in [-0.25, -0.2) is 4.98 Å². The van der Waals surface area contributed by atoms with E-state index in [1.54, 1.807) is 18.4 Å². The molecule has 0 bridgehead atoms. The normalized spacial score (nSPS) is 12.6. The van der Waals surface area contributed by atoms with Gasteiger partial charge in [0.05, 0.1) is 6.61 Å². The standard InChI is InChI=1S/C14H18N2OS/c1-10(15-2)13-8-16-14(18-13)12-7-5-4-6-11(12)9-17-3/h4-8,10,15H,9H2,1-3H3. The number of benzene rings is 1. The van der Waals surface area contributed by atoms with E-state index in [0.717, 1.165) is 5.01 Å². The molecule has 0 spiro atoms. The average Bonchev–Trinajstić information content (AvgIpc) is 2.88. The lowest BCUT2D eigenvalue weighted by atomic mass is 10.1. The number of methoxy groups -OCH3 is 1. The molecule has 1 aromatic heterocycles. The lowest BCUT2D eigenvalue weighted by Crippen LogP contribution is -2.10. The number of aromatic nitrogens is 1. The number of nitrogens with one attached hydrogen (secondary N) is 1. The molecule has 18 heavy (non-hydrogen) atoms. The summed E-state index contributed by atoms with van der Waals surface area (Å²) in [5.74, 6) is 0. The van der Waals surface area contributed by atoms with Gasteiger partial charge in [0.1, 0.15) is 5.01 Å². The van der Waals surface area contributed by atoms with Crippen molar-refractivity contribution in [1.82, 2.24) is 10.3 Å². The molecule has 1 aromatic carbocycles. The van der Waals surface area contributed by atoms with Crippen LogP contribution in [0.5, 0.6) is 0 Å². The lowest BCUT2D eigenvalue weighted by molar-refractivity contribution is 0.185. The minimum atomic E-state index is 0.339. The second-order valence-corrected chi connectivity index (χ2v) is 5.23. The Morgan fingerprint density at radius 1 is 1.39 bits per heavy atom. The smallest absolute Gasteiger partial charge is 0.123 e. The second-order valence-electron chi connectivity index (χ2n) is 4.17. The maximum absolute atomic E-state index is 5.23. The van der Waals surface area contributed by atoms with Crippen molar-refractivity contribution in [2.24, 2.45) is 0 Å². The SMILES string of the molecule is CNC(C)c1cnc(-c2ccccc2COC)s1. The molecule has 3 nitrogen and oxygen atoms in total. The third kappa shape index (κ3) is 2.77. The summed E-state index contributed by atoms with van der Waals surface area (Å²) < 4.78 is 5.23. The van der Waals surface area contributed by atoms with Crippen LogP contribution in [0.2, 0.25) is 0 Å². The van der Waals surface area contributed by atoms with E-state index in [0.29, 0.717) is 12.6 Å². The van der Waals surface area contributed by atoms with Gasteiger partial charge in [0, 0.05) is 29.8 Å². The quantitative estimate of drug-likeness (QED) is 0.898. The Hall–Kier alpha value is -1.23. The zero-order valence-corrected chi connectivity index (χ0v) is 11.8. The topological polar surface area (TPSA) is 34.2 Å². The van der Waals surface area contributed by atoms with Gasteiger partial charge in [0.15, 0.2) is 0 Å². The lowest BCUT2D eigenvalue weighted by Gasteiger charge is -2.06. The van der Waals surface area contributed by atoms with E-state index in [2.05, 4.69) is 29.4 Å². The molecule has 0 aliphatic rings. The summed E-state index contributed by atoms with van der Waals surface area (Å²) in [6.45, 7) is 2.75. The molecular formula is C14H18N2OS. The highest BCUT2D eigenvalue weighted by Crippen LogP contribution is 2.30. The number of hydrogen-bond acceptors (Lipinski definition) is 4. The third-order valence-electron chi connectivity index (χ3n) is 2.93. The number of hydrogen-bond donors (Lipinski definition) is 1. The predicted octanol–water partition coefficient (Wildman–Crippen LogP) is 3.24. The van der Waals surface area contributed by atoms with Crippen LogP contribution in [0, 0.1) is 0 Å². The highest BCUT2D eigenvalue weighted by atomic mass is 32.1. The Labute approximate surface area is 112 Å². The monoisotopic (exact) mass is 262 g/mol. The van der Waals surface area contributed by atoms with Gasteiger partial charge in [-0.05, 0) is 19.5 Å². The Bertz CT molecular complexity index is 510. The van der Waals surface area contributed by atoms with Crippen LogP contribution in [0.1, 0.15) is 23.4 Å². The molecule has 0 aliphatic heterocycles. The van der Waals surface area contributed by atoms with Crippen LogP contribution in [-0.2, 0) is 11.3 Å². The summed E-state index contributed by atoms with van der Waals surface area (Å²) in [4.78, 5) is 5.77. The minimum absolute atomic E-state index is 0.339. The molecule has 2 aromatic rings. The number of nitrogens with zero attached hydrogens (tertiary/aromatic N) is 1. The fourth-order valence-electron chi connectivity index (χ4n) is 1.76. The van der Waals surface area contributed by atoms with Crippen LogP contribution in [-0.4, -0.2) is 19.1 Å². The fraction of sp³-hybridized carbons (Fsp3) is 0.357. The van der Waals surface area contributed by atoms with Crippen LogP contribution in [0.25, 0.3) is 10.6 Å². The summed E-state index contributed by atoms with van der Waals surface area (Å²) in [7, 11) is 3.68. The summed E-state index contributed by atoms with van der Waals surface area (Å²) in [5.41, 5.74) is 2.34.